The van der Waals surface area contributed by atoms with Crippen LogP contribution in [0.3, 0.4) is 0 Å². The van der Waals surface area contributed by atoms with Gasteiger partial charge < -0.3 is 11.5 Å². The van der Waals surface area contributed by atoms with Crippen molar-refractivity contribution < 1.29 is 9.26 Å². The zero-order valence-electron chi connectivity index (χ0n) is 8.86. The number of aromatic amines is 1. The lowest BCUT2D eigenvalue weighted by atomic mass is 10.3. The average Bonchev–Trinajstić information content (AvgIpc) is 3.03. The number of H-pyrrole nitrogens is 1. The third kappa shape index (κ3) is 1.63. The predicted molar refractivity (Wildman–Crippen MR) is 55.6 cm³/mol. The summed E-state index contributed by atoms with van der Waals surface area (Å²) in [5, 5.41) is 20.7. The van der Waals surface area contributed by atoms with E-state index in [4.69, 9.17) is 11.5 Å². The van der Waals surface area contributed by atoms with E-state index in [-0.39, 0.29) is 23.2 Å². The largest absolute Gasteiger partial charge is 0.379 e. The van der Waals surface area contributed by atoms with E-state index in [1.165, 1.54) is 0 Å². The molecule has 0 aromatic carbocycles. The molecule has 0 bridgehead atoms. The Bertz CT molecular complexity index is 668. The lowest BCUT2D eigenvalue weighted by Gasteiger charge is -1.89. The summed E-state index contributed by atoms with van der Waals surface area (Å²) in [6.07, 6.45) is 0.299. The number of nitrogens with one attached hydrogen (secondary N) is 1. The Labute approximate surface area is 98.5 Å². The van der Waals surface area contributed by atoms with Gasteiger partial charge in [-0.25, -0.2) is 14.2 Å². The van der Waals surface area contributed by atoms with Gasteiger partial charge in [0.15, 0.2) is 17.3 Å². The lowest BCUT2D eigenvalue weighted by molar-refractivity contribution is 0.305. The molecule has 0 aliphatic rings. The van der Waals surface area contributed by atoms with Crippen LogP contribution in [0.1, 0.15) is 11.5 Å². The summed E-state index contributed by atoms with van der Waals surface area (Å²) >= 11 is 0. The van der Waals surface area contributed by atoms with Gasteiger partial charge in [0.2, 0.25) is 5.82 Å². The fourth-order valence-electron chi connectivity index (χ4n) is 1.33. The first kappa shape index (κ1) is 10.2. The molecule has 3 rings (SSSR count). The van der Waals surface area contributed by atoms with Crippen LogP contribution in [0.2, 0.25) is 0 Å². The number of nitrogens with two attached hydrogens (primary N) is 2. The van der Waals surface area contributed by atoms with Crippen molar-refractivity contribution in [3.8, 4) is 11.5 Å². The summed E-state index contributed by atoms with van der Waals surface area (Å²) in [5.74, 6) is 1.10. The molecule has 11 nitrogen and oxygen atoms in total. The minimum atomic E-state index is 0.114. The Morgan fingerprint density at radius 2 is 1.78 bits per heavy atom. The summed E-state index contributed by atoms with van der Waals surface area (Å²) in [6, 6.07) is 0. The van der Waals surface area contributed by atoms with Crippen molar-refractivity contribution in [3.05, 3.63) is 11.5 Å². The Morgan fingerprint density at radius 1 is 1.00 bits per heavy atom. The summed E-state index contributed by atoms with van der Waals surface area (Å²) < 4.78 is 8.93. The minimum absolute atomic E-state index is 0.114. The molecule has 0 aliphatic carbocycles. The van der Waals surface area contributed by atoms with E-state index >= 15 is 0 Å². The quantitative estimate of drug-likeness (QED) is 0.522. The molecule has 92 valence electrons. The topological polar surface area (TPSA) is 171 Å². The van der Waals surface area contributed by atoms with E-state index in [1.54, 1.807) is 0 Å². The van der Waals surface area contributed by atoms with E-state index in [2.05, 4.69) is 45.1 Å². The second kappa shape index (κ2) is 3.80. The van der Waals surface area contributed by atoms with Crippen LogP contribution in [0.15, 0.2) is 9.26 Å². The van der Waals surface area contributed by atoms with Crippen molar-refractivity contribution in [1.82, 2.24) is 35.8 Å². The van der Waals surface area contributed by atoms with Crippen molar-refractivity contribution in [2.24, 2.45) is 0 Å². The molecule has 0 atom stereocenters. The fraction of sp³-hybridized carbons (Fsp3) is 0.143. The third-order valence-electron chi connectivity index (χ3n) is 2.18. The van der Waals surface area contributed by atoms with Crippen LogP contribution in [0.4, 0.5) is 11.6 Å². The fourth-order valence-corrected chi connectivity index (χ4v) is 1.33. The minimum Gasteiger partial charge on any atom is -0.379 e. The van der Waals surface area contributed by atoms with Crippen LogP contribution >= 0.6 is 0 Å². The standard InChI is InChI=1S/C7H7N9O2/c8-5-2(13-17-15-5)1-3-10-7(12-11-3)4-6(9)16-18-14-4/h1H2,(H2,8,15)(H2,9,16)(H,10,11,12). The number of hydrogen-bond donors (Lipinski definition) is 3. The molecular formula is C7H7N9O2. The predicted octanol–water partition coefficient (Wildman–Crippen LogP) is -1.01. The van der Waals surface area contributed by atoms with Crippen LogP contribution in [0, 0.1) is 0 Å². The maximum absolute atomic E-state index is 5.53. The van der Waals surface area contributed by atoms with Gasteiger partial charge in [0.25, 0.3) is 0 Å². The zero-order chi connectivity index (χ0) is 12.5. The summed E-state index contributed by atoms with van der Waals surface area (Å²) in [6.45, 7) is 0. The van der Waals surface area contributed by atoms with Gasteiger partial charge in [-0.15, -0.1) is 0 Å². The van der Waals surface area contributed by atoms with Crippen LogP contribution in [-0.2, 0) is 6.42 Å². The molecule has 11 heteroatoms. The average molecular weight is 249 g/mol. The van der Waals surface area contributed by atoms with Gasteiger partial charge in [-0.3, -0.25) is 5.10 Å². The molecule has 3 heterocycles. The van der Waals surface area contributed by atoms with E-state index in [1.807, 2.05) is 0 Å². The highest BCUT2D eigenvalue weighted by molar-refractivity contribution is 5.61. The zero-order valence-corrected chi connectivity index (χ0v) is 8.86. The highest BCUT2D eigenvalue weighted by Gasteiger charge is 2.16. The van der Waals surface area contributed by atoms with E-state index in [0.717, 1.165) is 0 Å². The van der Waals surface area contributed by atoms with E-state index in [9.17, 15) is 0 Å². The van der Waals surface area contributed by atoms with Crippen molar-refractivity contribution in [2.75, 3.05) is 11.5 Å². The van der Waals surface area contributed by atoms with Crippen molar-refractivity contribution in [1.29, 1.82) is 0 Å². The maximum atomic E-state index is 5.53. The molecule has 5 N–H and O–H groups in total. The normalized spacial score (nSPS) is 10.9. The molecule has 3 aromatic heterocycles. The second-order valence-electron chi connectivity index (χ2n) is 3.38. The Kier molecular flexibility index (Phi) is 2.15. The number of anilines is 2. The molecular weight excluding hydrogens is 242 g/mol. The summed E-state index contributed by atoms with van der Waals surface area (Å²) in [5.41, 5.74) is 11.8. The van der Waals surface area contributed by atoms with Gasteiger partial charge in [0, 0.05) is 0 Å². The highest BCUT2D eigenvalue weighted by atomic mass is 16.6. The molecule has 0 saturated heterocycles. The first-order chi connectivity index (χ1) is 8.74. The van der Waals surface area contributed by atoms with Crippen LogP contribution in [0.25, 0.3) is 11.5 Å². The molecule has 18 heavy (non-hydrogen) atoms. The molecule has 0 unspecified atom stereocenters. The van der Waals surface area contributed by atoms with Gasteiger partial charge in [-0.1, -0.05) is 5.16 Å². The number of hydrogen-bond acceptors (Lipinski definition) is 10. The first-order valence-corrected chi connectivity index (χ1v) is 4.80. The number of nitrogen functional groups attached to an aromatic ring is 2. The van der Waals surface area contributed by atoms with Crippen LogP contribution in [0.5, 0.6) is 0 Å². The highest BCUT2D eigenvalue weighted by Crippen LogP contribution is 2.18. The summed E-state index contributed by atoms with van der Waals surface area (Å²) in [4.78, 5) is 4.16. The Balaban J connectivity index is 1.86. The van der Waals surface area contributed by atoms with Crippen molar-refractivity contribution in [3.63, 3.8) is 0 Å². The van der Waals surface area contributed by atoms with Gasteiger partial charge in [-0.05, 0) is 15.5 Å². The van der Waals surface area contributed by atoms with Crippen LogP contribution in [-0.4, -0.2) is 35.8 Å². The van der Waals surface area contributed by atoms with Gasteiger partial charge in [-0.2, -0.15) is 5.10 Å². The van der Waals surface area contributed by atoms with E-state index in [0.29, 0.717) is 17.9 Å². The Hall–Kier alpha value is -2.98. The summed E-state index contributed by atoms with van der Waals surface area (Å²) in [7, 11) is 0. The van der Waals surface area contributed by atoms with Crippen molar-refractivity contribution in [2.45, 2.75) is 6.42 Å². The van der Waals surface area contributed by atoms with Crippen LogP contribution < -0.4 is 11.5 Å². The molecule has 0 spiro atoms. The smallest absolute Gasteiger partial charge is 0.207 e. The van der Waals surface area contributed by atoms with Gasteiger partial charge in [0.05, 0.1) is 6.42 Å². The molecule has 0 saturated carbocycles. The molecule has 0 fully saturated rings. The number of rotatable bonds is 3. The monoisotopic (exact) mass is 249 g/mol. The molecule has 0 radical (unpaired) electrons. The first-order valence-electron chi connectivity index (χ1n) is 4.80. The molecule has 3 aromatic rings. The number of nitrogens with zero attached hydrogens (tertiary/aromatic N) is 6. The third-order valence-corrected chi connectivity index (χ3v) is 2.18. The lowest BCUT2D eigenvalue weighted by Crippen LogP contribution is -1.96. The molecule has 0 amide bonds. The van der Waals surface area contributed by atoms with E-state index < -0.39 is 0 Å². The maximum Gasteiger partial charge on any atom is 0.207 e. The molecule has 0 aliphatic heterocycles. The van der Waals surface area contributed by atoms with Gasteiger partial charge in [0.1, 0.15) is 11.5 Å². The van der Waals surface area contributed by atoms with Crippen molar-refractivity contribution >= 4 is 11.6 Å². The number of aromatic nitrogens is 7. The second-order valence-corrected chi connectivity index (χ2v) is 3.38. The SMILES string of the molecule is Nc1nonc1Cc1nc(-c2nonc2N)n[nH]1. The van der Waals surface area contributed by atoms with Gasteiger partial charge >= 0.3 is 0 Å². The Morgan fingerprint density at radius 3 is 2.44 bits per heavy atom.